The monoisotopic (exact) mass is 260 g/mol. The maximum absolute atomic E-state index is 12.3. The number of amides is 1. The van der Waals surface area contributed by atoms with Crippen molar-refractivity contribution in [2.24, 2.45) is 0 Å². The smallest absolute Gasteiger partial charge is 0.336 e. The Hall–Kier alpha value is -2.37. The molecule has 1 aromatic carbocycles. The van der Waals surface area contributed by atoms with Gasteiger partial charge in [-0.3, -0.25) is 9.59 Å². The highest BCUT2D eigenvalue weighted by atomic mass is 16.6. The number of hydrogen-bond acceptors (Lipinski definition) is 5. The van der Waals surface area contributed by atoms with E-state index in [9.17, 15) is 14.4 Å². The lowest BCUT2D eigenvalue weighted by Crippen LogP contribution is -2.46. The number of nitrogen functional groups attached to an aromatic ring is 1. The number of anilines is 1. The summed E-state index contributed by atoms with van der Waals surface area (Å²) < 4.78 is 4.59. The fraction of sp³-hybridized carbons (Fsp3) is 0.308. The lowest BCUT2D eigenvalue weighted by atomic mass is 10.1. The minimum absolute atomic E-state index is 0.145. The summed E-state index contributed by atoms with van der Waals surface area (Å²) in [6.07, 6.45) is 0.448. The molecule has 6 heteroatoms. The largest absolute Gasteiger partial charge is 0.398 e. The molecule has 6 nitrogen and oxygen atoms in total. The van der Waals surface area contributed by atoms with E-state index in [2.05, 4.69) is 4.74 Å². The Balaban J connectivity index is 1.90. The normalized spacial score (nSPS) is 22.4. The zero-order chi connectivity index (χ0) is 13.6. The van der Waals surface area contributed by atoms with E-state index in [0.29, 0.717) is 17.7 Å². The molecule has 2 aliphatic heterocycles. The van der Waals surface area contributed by atoms with Gasteiger partial charge in [-0.2, -0.15) is 0 Å². The molecule has 0 saturated carbocycles. The van der Waals surface area contributed by atoms with Crippen LogP contribution in [0.25, 0.3) is 0 Å². The summed E-state index contributed by atoms with van der Waals surface area (Å²) in [7, 11) is 0. The Morgan fingerprint density at radius 3 is 2.74 bits per heavy atom. The van der Waals surface area contributed by atoms with Crippen LogP contribution >= 0.6 is 0 Å². The van der Waals surface area contributed by atoms with Crippen molar-refractivity contribution in [1.29, 1.82) is 0 Å². The summed E-state index contributed by atoms with van der Waals surface area (Å²) in [6.45, 7) is 0.287. The van der Waals surface area contributed by atoms with Gasteiger partial charge in [0.05, 0.1) is 0 Å². The lowest BCUT2D eigenvalue weighted by molar-refractivity contribution is -0.167. The first-order chi connectivity index (χ1) is 9.08. The Morgan fingerprint density at radius 2 is 2.05 bits per heavy atom. The van der Waals surface area contributed by atoms with E-state index in [1.165, 1.54) is 4.90 Å². The number of carbonyl (C=O) groups excluding carboxylic acids is 3. The fourth-order valence-corrected chi connectivity index (χ4v) is 2.52. The molecule has 19 heavy (non-hydrogen) atoms. The van der Waals surface area contributed by atoms with Crippen LogP contribution in [0.1, 0.15) is 28.8 Å². The summed E-state index contributed by atoms with van der Waals surface area (Å²) in [5.74, 6) is -1.43. The average molecular weight is 260 g/mol. The third-order valence-corrected chi connectivity index (χ3v) is 3.52. The van der Waals surface area contributed by atoms with Crippen LogP contribution in [-0.2, 0) is 20.9 Å². The quantitative estimate of drug-likeness (QED) is 0.450. The highest BCUT2D eigenvalue weighted by Crippen LogP contribution is 2.31. The minimum atomic E-state index is -0.697. The van der Waals surface area contributed by atoms with Crippen LogP contribution in [0.15, 0.2) is 18.2 Å². The number of rotatable bonds is 1. The molecule has 2 N–H and O–H groups in total. The maximum atomic E-state index is 12.3. The van der Waals surface area contributed by atoms with Gasteiger partial charge in [0.15, 0.2) is 0 Å². The molecule has 1 aromatic rings. The van der Waals surface area contributed by atoms with Crippen LogP contribution in [0, 0.1) is 0 Å². The van der Waals surface area contributed by atoms with E-state index in [1.54, 1.807) is 18.2 Å². The van der Waals surface area contributed by atoms with Gasteiger partial charge in [0, 0.05) is 29.8 Å². The zero-order valence-corrected chi connectivity index (χ0v) is 10.1. The van der Waals surface area contributed by atoms with Gasteiger partial charge in [-0.15, -0.1) is 0 Å². The predicted octanol–water partition coefficient (Wildman–Crippen LogP) is 0.457. The van der Waals surface area contributed by atoms with E-state index in [-0.39, 0.29) is 18.9 Å². The number of cyclic esters (lactones) is 2. The molecule has 1 atom stereocenters. The molecular formula is C13H12N2O4. The van der Waals surface area contributed by atoms with Gasteiger partial charge >= 0.3 is 11.9 Å². The molecular weight excluding hydrogens is 248 g/mol. The van der Waals surface area contributed by atoms with Crippen LogP contribution in [0.3, 0.4) is 0 Å². The molecule has 1 saturated heterocycles. The molecule has 3 rings (SSSR count). The highest BCUT2D eigenvalue weighted by molar-refractivity contribution is 6.03. The number of esters is 2. The van der Waals surface area contributed by atoms with E-state index < -0.39 is 18.0 Å². The molecule has 2 heterocycles. The molecule has 0 aliphatic carbocycles. The van der Waals surface area contributed by atoms with Crippen LogP contribution in [-0.4, -0.2) is 28.8 Å². The molecule has 0 radical (unpaired) electrons. The number of hydrogen-bond donors (Lipinski definition) is 1. The van der Waals surface area contributed by atoms with Crippen molar-refractivity contribution in [3.05, 3.63) is 29.3 Å². The number of ether oxygens (including phenoxy) is 1. The van der Waals surface area contributed by atoms with Crippen molar-refractivity contribution >= 4 is 23.5 Å². The first kappa shape index (κ1) is 11.7. The van der Waals surface area contributed by atoms with Gasteiger partial charge in [0.25, 0.3) is 5.91 Å². The molecule has 0 bridgehead atoms. The van der Waals surface area contributed by atoms with Gasteiger partial charge in [0.2, 0.25) is 0 Å². The SMILES string of the molecule is Nc1cccc2c1CN(C1CCC(=O)OC1=O)C2=O. The predicted molar refractivity (Wildman–Crippen MR) is 64.8 cm³/mol. The topological polar surface area (TPSA) is 89.7 Å². The molecule has 98 valence electrons. The number of nitrogens with zero attached hydrogens (tertiary/aromatic N) is 1. The third-order valence-electron chi connectivity index (χ3n) is 3.52. The van der Waals surface area contributed by atoms with Gasteiger partial charge in [-0.25, -0.2) is 4.79 Å². The first-order valence-corrected chi connectivity index (χ1v) is 6.01. The van der Waals surface area contributed by atoms with Crippen molar-refractivity contribution in [2.75, 3.05) is 5.73 Å². The Morgan fingerprint density at radius 1 is 1.26 bits per heavy atom. The molecule has 2 aliphatic rings. The number of carbonyl (C=O) groups is 3. The highest BCUT2D eigenvalue weighted by Gasteiger charge is 2.40. The fourth-order valence-electron chi connectivity index (χ4n) is 2.52. The molecule has 0 aromatic heterocycles. The molecule has 1 unspecified atom stereocenters. The van der Waals surface area contributed by atoms with Crippen molar-refractivity contribution in [3.8, 4) is 0 Å². The van der Waals surface area contributed by atoms with E-state index >= 15 is 0 Å². The second-order valence-corrected chi connectivity index (χ2v) is 4.65. The van der Waals surface area contributed by atoms with E-state index in [0.717, 1.165) is 5.56 Å². The number of benzene rings is 1. The summed E-state index contributed by atoms with van der Waals surface area (Å²) >= 11 is 0. The molecule has 1 amide bonds. The Kier molecular flexibility index (Phi) is 2.51. The van der Waals surface area contributed by atoms with Gasteiger partial charge in [-0.1, -0.05) is 6.07 Å². The summed E-state index contributed by atoms with van der Waals surface area (Å²) in [4.78, 5) is 36.4. The van der Waals surface area contributed by atoms with Crippen molar-refractivity contribution < 1.29 is 19.1 Å². The van der Waals surface area contributed by atoms with Crippen LogP contribution < -0.4 is 5.73 Å². The molecule has 0 spiro atoms. The second kappa shape index (κ2) is 4.08. The third kappa shape index (κ3) is 1.76. The summed E-state index contributed by atoms with van der Waals surface area (Å²) in [5, 5.41) is 0. The first-order valence-electron chi connectivity index (χ1n) is 6.01. The minimum Gasteiger partial charge on any atom is -0.398 e. The standard InChI is InChI=1S/C13H12N2O4/c14-9-3-1-2-7-8(9)6-15(12(7)17)10-4-5-11(16)19-13(10)18/h1-3,10H,4-6,14H2. The average Bonchev–Trinajstić information content (AvgIpc) is 2.69. The van der Waals surface area contributed by atoms with Crippen molar-refractivity contribution in [3.63, 3.8) is 0 Å². The zero-order valence-electron chi connectivity index (χ0n) is 10.1. The second-order valence-electron chi connectivity index (χ2n) is 4.65. The van der Waals surface area contributed by atoms with Gasteiger partial charge in [-0.05, 0) is 18.6 Å². The van der Waals surface area contributed by atoms with E-state index in [1.807, 2.05) is 0 Å². The molecule has 1 fully saturated rings. The van der Waals surface area contributed by atoms with Gasteiger partial charge in [0.1, 0.15) is 6.04 Å². The number of fused-ring (bicyclic) bond motifs is 1. The summed E-state index contributed by atoms with van der Waals surface area (Å²) in [5.41, 5.74) is 7.62. The van der Waals surface area contributed by atoms with Crippen molar-refractivity contribution in [2.45, 2.75) is 25.4 Å². The van der Waals surface area contributed by atoms with Gasteiger partial charge < -0.3 is 15.4 Å². The summed E-state index contributed by atoms with van der Waals surface area (Å²) in [6, 6.07) is 4.42. The van der Waals surface area contributed by atoms with E-state index in [4.69, 9.17) is 5.73 Å². The Labute approximate surface area is 109 Å². The number of nitrogens with two attached hydrogens (primary N) is 1. The van der Waals surface area contributed by atoms with Crippen molar-refractivity contribution in [1.82, 2.24) is 4.90 Å². The maximum Gasteiger partial charge on any atom is 0.336 e. The van der Waals surface area contributed by atoms with Crippen LogP contribution in [0.4, 0.5) is 5.69 Å². The Bertz CT molecular complexity index is 596. The lowest BCUT2D eigenvalue weighted by Gasteiger charge is -2.28. The van der Waals surface area contributed by atoms with Crippen LogP contribution in [0.2, 0.25) is 0 Å². The van der Waals surface area contributed by atoms with Crippen LogP contribution in [0.5, 0.6) is 0 Å².